The standard InChI is InChI=1S/C25H34FN3O4S/c1-18(2)14-25(30)27-21-9-12-24(28(3)4)19(15-21)16-29(17-22-6-5-13-33-22)34(31,32)23-10-7-20(26)8-11-23/h7-12,15,18,22H,5-6,13-14,16-17H2,1-4H3,(H,27,30)/t22-/m0/s1. The minimum atomic E-state index is -3.92. The lowest BCUT2D eigenvalue weighted by atomic mass is 10.1. The van der Waals surface area contributed by atoms with Gasteiger partial charge in [0, 0.05) is 51.6 Å². The number of nitrogens with one attached hydrogen (secondary N) is 1. The van der Waals surface area contributed by atoms with Crippen LogP contribution < -0.4 is 10.2 Å². The second-order valence-electron chi connectivity index (χ2n) is 9.27. The normalized spacial score (nSPS) is 16.3. The van der Waals surface area contributed by atoms with Gasteiger partial charge in [-0.1, -0.05) is 13.8 Å². The van der Waals surface area contributed by atoms with Gasteiger partial charge in [-0.15, -0.1) is 0 Å². The summed E-state index contributed by atoms with van der Waals surface area (Å²) in [5, 5.41) is 2.91. The van der Waals surface area contributed by atoms with Gasteiger partial charge in [-0.2, -0.15) is 4.31 Å². The number of carbonyl (C=O) groups is 1. The van der Waals surface area contributed by atoms with Crippen molar-refractivity contribution in [2.75, 3.05) is 37.5 Å². The van der Waals surface area contributed by atoms with E-state index in [0.29, 0.717) is 18.7 Å². The van der Waals surface area contributed by atoms with Crippen molar-refractivity contribution in [3.05, 3.63) is 53.8 Å². The number of hydrogen-bond donors (Lipinski definition) is 1. The van der Waals surface area contributed by atoms with Crippen molar-refractivity contribution in [3.8, 4) is 0 Å². The van der Waals surface area contributed by atoms with Gasteiger partial charge in [0.15, 0.2) is 0 Å². The molecule has 34 heavy (non-hydrogen) atoms. The Bertz CT molecular complexity index is 1080. The highest BCUT2D eigenvalue weighted by Gasteiger charge is 2.30. The Morgan fingerprint density at radius 3 is 2.47 bits per heavy atom. The topological polar surface area (TPSA) is 79.0 Å². The molecule has 0 unspecified atom stereocenters. The Kier molecular flexibility index (Phi) is 8.67. The van der Waals surface area contributed by atoms with Crippen LogP contribution >= 0.6 is 0 Å². The molecule has 3 rings (SSSR count). The third-order valence-electron chi connectivity index (χ3n) is 5.67. The molecule has 1 heterocycles. The zero-order valence-corrected chi connectivity index (χ0v) is 21.1. The van der Waals surface area contributed by atoms with Crippen LogP contribution in [-0.2, 0) is 26.1 Å². The highest BCUT2D eigenvalue weighted by Crippen LogP contribution is 2.28. The molecule has 9 heteroatoms. The van der Waals surface area contributed by atoms with Gasteiger partial charge in [0.1, 0.15) is 5.82 Å². The van der Waals surface area contributed by atoms with Crippen LogP contribution in [0.2, 0.25) is 0 Å². The maximum absolute atomic E-state index is 13.6. The van der Waals surface area contributed by atoms with Crippen LogP contribution in [-0.4, -0.2) is 52.0 Å². The summed E-state index contributed by atoms with van der Waals surface area (Å²) in [6.45, 7) is 4.83. The molecule has 0 aromatic heterocycles. The van der Waals surface area contributed by atoms with Crippen molar-refractivity contribution in [1.82, 2.24) is 4.31 Å². The molecule has 1 amide bonds. The van der Waals surface area contributed by atoms with Crippen LogP contribution in [0.25, 0.3) is 0 Å². The molecule has 1 saturated heterocycles. The third kappa shape index (κ3) is 6.77. The number of anilines is 2. The summed E-state index contributed by atoms with van der Waals surface area (Å²) >= 11 is 0. The fourth-order valence-electron chi connectivity index (χ4n) is 4.02. The quantitative estimate of drug-likeness (QED) is 0.538. The smallest absolute Gasteiger partial charge is 0.243 e. The van der Waals surface area contributed by atoms with Gasteiger partial charge in [-0.05, 0) is 66.8 Å². The molecular weight excluding hydrogens is 457 g/mol. The molecule has 0 saturated carbocycles. The molecule has 1 aliphatic rings. The van der Waals surface area contributed by atoms with E-state index in [1.807, 2.05) is 51.0 Å². The first-order valence-corrected chi connectivity index (χ1v) is 13.0. The maximum Gasteiger partial charge on any atom is 0.243 e. The predicted molar refractivity (Wildman–Crippen MR) is 132 cm³/mol. The minimum absolute atomic E-state index is 0.0275. The first kappa shape index (κ1) is 26.1. The van der Waals surface area contributed by atoms with Crippen molar-refractivity contribution >= 4 is 27.3 Å². The fraction of sp³-hybridized carbons (Fsp3) is 0.480. The Morgan fingerprint density at radius 2 is 1.88 bits per heavy atom. The molecule has 0 spiro atoms. The lowest BCUT2D eigenvalue weighted by molar-refractivity contribution is -0.116. The molecule has 1 aliphatic heterocycles. The molecule has 2 aromatic rings. The van der Waals surface area contributed by atoms with Gasteiger partial charge in [0.25, 0.3) is 0 Å². The zero-order valence-electron chi connectivity index (χ0n) is 20.3. The summed E-state index contributed by atoms with van der Waals surface area (Å²) in [5.41, 5.74) is 2.20. The minimum Gasteiger partial charge on any atom is -0.377 e. The van der Waals surface area contributed by atoms with Gasteiger partial charge >= 0.3 is 0 Å². The van der Waals surface area contributed by atoms with Gasteiger partial charge in [0.05, 0.1) is 11.0 Å². The number of carbonyl (C=O) groups excluding carboxylic acids is 1. The Hall–Kier alpha value is -2.49. The van der Waals surface area contributed by atoms with E-state index in [1.165, 1.54) is 16.4 Å². The Morgan fingerprint density at radius 1 is 1.18 bits per heavy atom. The molecule has 1 N–H and O–H groups in total. The van der Waals surface area contributed by atoms with Crippen LogP contribution in [0.1, 0.15) is 38.7 Å². The van der Waals surface area contributed by atoms with Crippen LogP contribution in [0.3, 0.4) is 0 Å². The molecule has 1 atom stereocenters. The van der Waals surface area contributed by atoms with Crippen LogP contribution in [0.4, 0.5) is 15.8 Å². The predicted octanol–water partition coefficient (Wildman–Crippen LogP) is 4.25. The molecule has 0 aliphatic carbocycles. The van der Waals surface area contributed by atoms with E-state index in [1.54, 1.807) is 0 Å². The van der Waals surface area contributed by atoms with Gasteiger partial charge in [-0.25, -0.2) is 12.8 Å². The summed E-state index contributed by atoms with van der Waals surface area (Å²) in [6.07, 6.45) is 1.86. The second kappa shape index (κ2) is 11.3. The average Bonchev–Trinajstić information content (AvgIpc) is 3.26. The molecule has 7 nitrogen and oxygen atoms in total. The monoisotopic (exact) mass is 491 g/mol. The zero-order chi connectivity index (χ0) is 24.9. The molecule has 186 valence electrons. The van der Waals surface area contributed by atoms with Gasteiger partial charge in [0.2, 0.25) is 15.9 Å². The number of benzene rings is 2. The van der Waals surface area contributed by atoms with E-state index in [-0.39, 0.29) is 35.9 Å². The molecule has 1 fully saturated rings. The first-order valence-electron chi connectivity index (χ1n) is 11.5. The van der Waals surface area contributed by atoms with Crippen molar-refractivity contribution in [3.63, 3.8) is 0 Å². The number of rotatable bonds is 10. The molecule has 0 radical (unpaired) electrons. The first-order chi connectivity index (χ1) is 16.1. The van der Waals surface area contributed by atoms with Crippen LogP contribution in [0.5, 0.6) is 0 Å². The van der Waals surface area contributed by atoms with E-state index >= 15 is 0 Å². The number of halogens is 1. The number of hydrogen-bond acceptors (Lipinski definition) is 5. The fourth-order valence-corrected chi connectivity index (χ4v) is 5.47. The Labute approximate surface area is 201 Å². The number of nitrogens with zero attached hydrogens (tertiary/aromatic N) is 2. The number of amides is 1. The number of sulfonamides is 1. The summed E-state index contributed by atoms with van der Waals surface area (Å²) in [6, 6.07) is 10.4. The highest BCUT2D eigenvalue weighted by molar-refractivity contribution is 7.89. The number of ether oxygens (including phenoxy) is 1. The van der Waals surface area contributed by atoms with Crippen LogP contribution in [0, 0.1) is 11.7 Å². The van der Waals surface area contributed by atoms with E-state index < -0.39 is 15.8 Å². The largest absolute Gasteiger partial charge is 0.377 e. The van der Waals surface area contributed by atoms with E-state index in [4.69, 9.17) is 4.74 Å². The maximum atomic E-state index is 13.6. The summed E-state index contributed by atoms with van der Waals surface area (Å²) in [5.74, 6) is -0.360. The van der Waals surface area contributed by atoms with Gasteiger partial charge < -0.3 is 15.0 Å². The van der Waals surface area contributed by atoms with Crippen molar-refractivity contribution in [2.45, 2.75) is 50.7 Å². The van der Waals surface area contributed by atoms with Crippen molar-refractivity contribution in [2.24, 2.45) is 5.92 Å². The van der Waals surface area contributed by atoms with E-state index in [0.717, 1.165) is 36.2 Å². The van der Waals surface area contributed by atoms with Crippen molar-refractivity contribution < 1.29 is 22.3 Å². The second-order valence-corrected chi connectivity index (χ2v) is 11.2. The summed E-state index contributed by atoms with van der Waals surface area (Å²) < 4.78 is 47.7. The molecule has 0 bridgehead atoms. The lowest BCUT2D eigenvalue weighted by Gasteiger charge is -2.27. The summed E-state index contributed by atoms with van der Waals surface area (Å²) in [4.78, 5) is 14.2. The van der Waals surface area contributed by atoms with Crippen molar-refractivity contribution in [1.29, 1.82) is 0 Å². The molecular formula is C25H34FN3O4S. The van der Waals surface area contributed by atoms with Gasteiger partial charge in [-0.3, -0.25) is 4.79 Å². The Balaban J connectivity index is 1.95. The third-order valence-corrected chi connectivity index (χ3v) is 7.49. The lowest BCUT2D eigenvalue weighted by Crippen LogP contribution is -2.37. The van der Waals surface area contributed by atoms with Crippen LogP contribution in [0.15, 0.2) is 47.4 Å². The summed E-state index contributed by atoms with van der Waals surface area (Å²) in [7, 11) is -0.150. The SMILES string of the molecule is CC(C)CC(=O)Nc1ccc(N(C)C)c(CN(C[C@@H]2CCCO2)S(=O)(=O)c2ccc(F)cc2)c1. The van der Waals surface area contributed by atoms with E-state index in [2.05, 4.69) is 5.32 Å². The average molecular weight is 492 g/mol. The van der Waals surface area contributed by atoms with E-state index in [9.17, 15) is 17.6 Å². The molecule has 2 aromatic carbocycles. The highest BCUT2D eigenvalue weighted by atomic mass is 32.2.